The van der Waals surface area contributed by atoms with Crippen molar-refractivity contribution in [3.8, 4) is 0 Å². The van der Waals surface area contributed by atoms with E-state index < -0.39 is 0 Å². The first-order chi connectivity index (χ1) is 6.91. The van der Waals surface area contributed by atoms with Gasteiger partial charge in [0.1, 0.15) is 0 Å². The van der Waals surface area contributed by atoms with Crippen molar-refractivity contribution in [2.75, 3.05) is 18.5 Å². The van der Waals surface area contributed by atoms with E-state index in [1.807, 2.05) is 6.92 Å². The Balaban J connectivity index is 2.98. The van der Waals surface area contributed by atoms with Crippen molar-refractivity contribution < 1.29 is 0 Å². The fourth-order valence-corrected chi connectivity index (χ4v) is 1.89. The average molecular weight is 206 g/mol. The van der Waals surface area contributed by atoms with Crippen LogP contribution < -0.4 is 10.6 Å². The summed E-state index contributed by atoms with van der Waals surface area (Å²) in [6.07, 6.45) is 0. The summed E-state index contributed by atoms with van der Waals surface area (Å²) < 4.78 is 0. The van der Waals surface area contributed by atoms with Gasteiger partial charge in [-0.1, -0.05) is 6.07 Å². The standard InChI is InChI=1S/C13H22N2/c1-9-6-11(3)13(7-10(9)2)15(5)8-12(4)14/h6-7,12H,8,14H2,1-5H3. The molecule has 1 unspecified atom stereocenters. The molecule has 0 aliphatic rings. The van der Waals surface area contributed by atoms with E-state index in [1.54, 1.807) is 0 Å². The Labute approximate surface area is 93.1 Å². The molecule has 0 heterocycles. The summed E-state index contributed by atoms with van der Waals surface area (Å²) in [7, 11) is 2.10. The monoisotopic (exact) mass is 206 g/mol. The van der Waals surface area contributed by atoms with Crippen LogP contribution in [0.4, 0.5) is 5.69 Å². The second kappa shape index (κ2) is 4.67. The van der Waals surface area contributed by atoms with Gasteiger partial charge in [-0.2, -0.15) is 0 Å². The first-order valence-electron chi connectivity index (χ1n) is 5.46. The predicted molar refractivity (Wildman–Crippen MR) is 67.6 cm³/mol. The van der Waals surface area contributed by atoms with E-state index in [-0.39, 0.29) is 6.04 Å². The van der Waals surface area contributed by atoms with Crippen LogP contribution >= 0.6 is 0 Å². The van der Waals surface area contributed by atoms with Gasteiger partial charge in [-0.05, 0) is 50.5 Å². The molecular formula is C13H22N2. The Hall–Kier alpha value is -1.02. The first kappa shape index (κ1) is 12.1. The molecule has 0 spiro atoms. The second-order valence-corrected chi connectivity index (χ2v) is 4.58. The summed E-state index contributed by atoms with van der Waals surface area (Å²) in [5.74, 6) is 0. The molecule has 2 N–H and O–H groups in total. The summed E-state index contributed by atoms with van der Waals surface area (Å²) >= 11 is 0. The van der Waals surface area contributed by atoms with Gasteiger partial charge in [0, 0.05) is 25.3 Å². The fraction of sp³-hybridized carbons (Fsp3) is 0.538. The molecular weight excluding hydrogens is 184 g/mol. The molecule has 1 atom stereocenters. The summed E-state index contributed by atoms with van der Waals surface area (Å²) in [4.78, 5) is 2.23. The Morgan fingerprint density at radius 1 is 1.13 bits per heavy atom. The maximum atomic E-state index is 5.81. The quantitative estimate of drug-likeness (QED) is 0.823. The average Bonchev–Trinajstić information content (AvgIpc) is 2.09. The highest BCUT2D eigenvalue weighted by atomic mass is 15.1. The molecule has 2 nitrogen and oxygen atoms in total. The number of nitrogens with zero attached hydrogens (tertiary/aromatic N) is 1. The number of likely N-dealkylation sites (N-methyl/N-ethyl adjacent to an activating group) is 1. The third-order valence-corrected chi connectivity index (χ3v) is 2.79. The highest BCUT2D eigenvalue weighted by Crippen LogP contribution is 2.23. The van der Waals surface area contributed by atoms with Crippen molar-refractivity contribution >= 4 is 5.69 Å². The van der Waals surface area contributed by atoms with Crippen LogP contribution in [0.3, 0.4) is 0 Å². The van der Waals surface area contributed by atoms with Crippen LogP contribution in [-0.2, 0) is 0 Å². The zero-order valence-corrected chi connectivity index (χ0v) is 10.5. The van der Waals surface area contributed by atoms with E-state index in [4.69, 9.17) is 5.73 Å². The highest BCUT2D eigenvalue weighted by molar-refractivity contribution is 5.56. The summed E-state index contributed by atoms with van der Waals surface area (Å²) in [5, 5.41) is 0. The molecule has 15 heavy (non-hydrogen) atoms. The van der Waals surface area contributed by atoms with Gasteiger partial charge in [-0.3, -0.25) is 0 Å². The number of hydrogen-bond acceptors (Lipinski definition) is 2. The first-order valence-corrected chi connectivity index (χ1v) is 5.46. The van der Waals surface area contributed by atoms with Crippen molar-refractivity contribution in [1.82, 2.24) is 0 Å². The van der Waals surface area contributed by atoms with Crippen LogP contribution in [0.25, 0.3) is 0 Å². The maximum absolute atomic E-state index is 5.81. The SMILES string of the molecule is Cc1cc(C)c(N(C)CC(C)N)cc1C. The van der Waals surface area contributed by atoms with Gasteiger partial charge in [0.15, 0.2) is 0 Å². The third-order valence-electron chi connectivity index (χ3n) is 2.79. The number of rotatable bonds is 3. The lowest BCUT2D eigenvalue weighted by molar-refractivity contribution is 0.716. The van der Waals surface area contributed by atoms with Crippen molar-refractivity contribution in [2.24, 2.45) is 5.73 Å². The predicted octanol–water partition coefficient (Wildman–Crippen LogP) is 2.40. The van der Waals surface area contributed by atoms with Crippen molar-refractivity contribution in [1.29, 1.82) is 0 Å². The van der Waals surface area contributed by atoms with E-state index in [0.717, 1.165) is 6.54 Å². The second-order valence-electron chi connectivity index (χ2n) is 4.58. The Morgan fingerprint density at radius 2 is 1.67 bits per heavy atom. The van der Waals surface area contributed by atoms with Gasteiger partial charge in [0.05, 0.1) is 0 Å². The van der Waals surface area contributed by atoms with Crippen LogP contribution in [0.15, 0.2) is 12.1 Å². The molecule has 1 aromatic carbocycles. The smallest absolute Gasteiger partial charge is 0.0396 e. The van der Waals surface area contributed by atoms with Crippen LogP contribution in [0.1, 0.15) is 23.6 Å². The zero-order chi connectivity index (χ0) is 11.6. The lowest BCUT2D eigenvalue weighted by Crippen LogP contribution is -2.33. The topological polar surface area (TPSA) is 29.3 Å². The van der Waals surface area contributed by atoms with E-state index in [2.05, 4.69) is 44.9 Å². The molecule has 0 aliphatic heterocycles. The van der Waals surface area contributed by atoms with Gasteiger partial charge in [-0.25, -0.2) is 0 Å². The van der Waals surface area contributed by atoms with Crippen molar-refractivity contribution in [2.45, 2.75) is 33.7 Å². The van der Waals surface area contributed by atoms with Crippen LogP contribution in [0.5, 0.6) is 0 Å². The molecule has 0 fully saturated rings. The summed E-state index contributed by atoms with van der Waals surface area (Å²) in [6.45, 7) is 9.38. The lowest BCUT2D eigenvalue weighted by Gasteiger charge is -2.24. The van der Waals surface area contributed by atoms with E-state index >= 15 is 0 Å². The molecule has 0 saturated carbocycles. The van der Waals surface area contributed by atoms with Crippen LogP contribution in [-0.4, -0.2) is 19.6 Å². The molecule has 0 bridgehead atoms. The van der Waals surface area contributed by atoms with Gasteiger partial charge in [-0.15, -0.1) is 0 Å². The number of benzene rings is 1. The number of hydrogen-bond donors (Lipinski definition) is 1. The Bertz CT molecular complexity index is 343. The molecule has 2 heteroatoms. The number of anilines is 1. The molecule has 1 aromatic rings. The minimum atomic E-state index is 0.205. The largest absolute Gasteiger partial charge is 0.373 e. The third kappa shape index (κ3) is 2.96. The fourth-order valence-electron chi connectivity index (χ4n) is 1.89. The maximum Gasteiger partial charge on any atom is 0.0396 e. The van der Waals surface area contributed by atoms with Gasteiger partial charge < -0.3 is 10.6 Å². The normalized spacial score (nSPS) is 12.7. The van der Waals surface area contributed by atoms with Crippen molar-refractivity contribution in [3.05, 3.63) is 28.8 Å². The van der Waals surface area contributed by atoms with Crippen LogP contribution in [0.2, 0.25) is 0 Å². The number of aryl methyl sites for hydroxylation is 3. The molecule has 0 aliphatic carbocycles. The summed E-state index contributed by atoms with van der Waals surface area (Å²) in [5.41, 5.74) is 11.1. The molecule has 84 valence electrons. The van der Waals surface area contributed by atoms with Gasteiger partial charge in [0.2, 0.25) is 0 Å². The van der Waals surface area contributed by atoms with Crippen molar-refractivity contribution in [3.63, 3.8) is 0 Å². The van der Waals surface area contributed by atoms with Crippen LogP contribution in [0, 0.1) is 20.8 Å². The van der Waals surface area contributed by atoms with Gasteiger partial charge >= 0.3 is 0 Å². The molecule has 0 radical (unpaired) electrons. The molecule has 0 aromatic heterocycles. The Morgan fingerprint density at radius 3 is 2.20 bits per heavy atom. The minimum absolute atomic E-state index is 0.205. The van der Waals surface area contributed by atoms with Gasteiger partial charge in [0.25, 0.3) is 0 Å². The summed E-state index contributed by atoms with van der Waals surface area (Å²) in [6, 6.07) is 4.69. The van der Waals surface area contributed by atoms with E-state index in [1.165, 1.54) is 22.4 Å². The molecule has 0 saturated heterocycles. The molecule has 1 rings (SSSR count). The minimum Gasteiger partial charge on any atom is -0.373 e. The number of nitrogens with two attached hydrogens (primary N) is 1. The zero-order valence-electron chi connectivity index (χ0n) is 10.5. The highest BCUT2D eigenvalue weighted by Gasteiger charge is 2.08. The van der Waals surface area contributed by atoms with E-state index in [0.29, 0.717) is 0 Å². The molecule has 0 amide bonds. The Kier molecular flexibility index (Phi) is 3.75. The lowest BCUT2D eigenvalue weighted by atomic mass is 10.0. The van der Waals surface area contributed by atoms with E-state index in [9.17, 15) is 0 Å².